The molecule has 0 spiro atoms. The number of carboxylic acid groups (broad SMARTS) is 1. The molecule has 2 N–H and O–H groups in total. The van der Waals surface area contributed by atoms with E-state index in [-0.39, 0.29) is 43.2 Å². The van der Waals surface area contributed by atoms with Crippen LogP contribution in [0.1, 0.15) is 56.1 Å². The second-order valence-corrected chi connectivity index (χ2v) is 14.5. The van der Waals surface area contributed by atoms with Crippen molar-refractivity contribution >= 4 is 43.2 Å². The Hall–Kier alpha value is -3.53. The summed E-state index contributed by atoms with van der Waals surface area (Å²) in [6.07, 6.45) is -1.43. The van der Waals surface area contributed by atoms with Gasteiger partial charge in [-0.15, -0.1) is 0 Å². The number of ketones is 1. The van der Waals surface area contributed by atoms with Crippen LogP contribution in [0.2, 0.25) is 13.1 Å². The molecule has 3 rings (SSSR count). The van der Waals surface area contributed by atoms with E-state index in [0.29, 0.717) is 24.4 Å². The first-order valence-electron chi connectivity index (χ1n) is 15.3. The molecule has 45 heavy (non-hydrogen) atoms. The molecule has 0 radical (unpaired) electrons. The molecule has 0 saturated carbocycles. The van der Waals surface area contributed by atoms with Crippen LogP contribution in [0.3, 0.4) is 0 Å². The Bertz CT molecular complexity index is 1320. The second-order valence-electron chi connectivity index (χ2n) is 12.7. The molecule has 1 aliphatic rings. The fourth-order valence-electron chi connectivity index (χ4n) is 5.23. The first-order valence-corrected chi connectivity index (χ1v) is 19.3. The predicted molar refractivity (Wildman–Crippen MR) is 177 cm³/mol. The van der Waals surface area contributed by atoms with Crippen LogP contribution in [0.15, 0.2) is 48.5 Å². The maximum atomic E-state index is 12.9. The van der Waals surface area contributed by atoms with Crippen molar-refractivity contribution in [3.63, 3.8) is 0 Å². The molecule has 1 heterocycles. The molecule has 1 fully saturated rings. The van der Waals surface area contributed by atoms with Gasteiger partial charge >= 0.3 is 6.09 Å². The minimum Gasteiger partial charge on any atom is -0.484 e. The minimum atomic E-state index is -1.000. The molecular formula is C32H47N3O8Si2. The quantitative estimate of drug-likeness (QED) is 0.234. The summed E-state index contributed by atoms with van der Waals surface area (Å²) >= 11 is 0. The van der Waals surface area contributed by atoms with E-state index in [0.717, 1.165) is 11.1 Å². The highest BCUT2D eigenvalue weighted by Crippen LogP contribution is 2.37. The van der Waals surface area contributed by atoms with Crippen molar-refractivity contribution in [1.29, 1.82) is 0 Å². The summed E-state index contributed by atoms with van der Waals surface area (Å²) in [5.74, 6) is -0.362. The first-order chi connectivity index (χ1) is 21.2. The highest BCUT2D eigenvalue weighted by atomic mass is 28.2. The van der Waals surface area contributed by atoms with Crippen LogP contribution in [-0.4, -0.2) is 89.6 Å². The molecule has 2 aromatic carbocycles. The Kier molecular flexibility index (Phi) is 12.5. The lowest BCUT2D eigenvalue weighted by atomic mass is 9.77. The van der Waals surface area contributed by atoms with Crippen LogP contribution in [-0.2, 0) is 31.5 Å². The van der Waals surface area contributed by atoms with Gasteiger partial charge in [-0.25, -0.2) is 4.79 Å². The zero-order valence-electron chi connectivity index (χ0n) is 27.4. The van der Waals surface area contributed by atoms with Gasteiger partial charge in [-0.2, -0.15) is 0 Å². The van der Waals surface area contributed by atoms with Gasteiger partial charge in [-0.05, 0) is 56.2 Å². The van der Waals surface area contributed by atoms with E-state index in [4.69, 9.17) is 13.6 Å². The summed E-state index contributed by atoms with van der Waals surface area (Å²) in [5.41, 5.74) is 1.02. The van der Waals surface area contributed by atoms with Gasteiger partial charge < -0.3 is 28.9 Å². The van der Waals surface area contributed by atoms with Crippen LogP contribution < -0.4 is 10.1 Å². The first kappa shape index (κ1) is 35.9. The monoisotopic (exact) mass is 657 g/mol. The summed E-state index contributed by atoms with van der Waals surface area (Å²) in [6.45, 7) is 14.2. The Morgan fingerprint density at radius 2 is 1.56 bits per heavy atom. The number of rotatable bonds is 14. The molecule has 1 unspecified atom stereocenters. The largest absolute Gasteiger partial charge is 0.484 e. The molecule has 246 valence electrons. The van der Waals surface area contributed by atoms with Gasteiger partial charge in [-0.1, -0.05) is 51.2 Å². The van der Waals surface area contributed by atoms with Crippen molar-refractivity contribution in [2.45, 2.75) is 72.6 Å². The number of amides is 3. The van der Waals surface area contributed by atoms with Gasteiger partial charge in [0.05, 0.1) is 6.54 Å². The van der Waals surface area contributed by atoms with Gasteiger partial charge in [0.2, 0.25) is 0 Å². The minimum absolute atomic E-state index is 0.00815. The lowest BCUT2D eigenvalue weighted by Crippen LogP contribution is -2.45. The number of Topliss-reactive ketones (excluding diaryl/α,β-unsaturated/α-hetero) is 1. The number of hydrogen-bond donors (Lipinski definition) is 2. The number of benzene rings is 2. The summed E-state index contributed by atoms with van der Waals surface area (Å²) in [5, 5.41) is 12.4. The predicted octanol–water partition coefficient (Wildman–Crippen LogP) is 2.95. The molecule has 2 aromatic rings. The third-order valence-electron chi connectivity index (χ3n) is 7.97. The zero-order valence-corrected chi connectivity index (χ0v) is 30.3. The number of likely N-dealkylation sites (tertiary alicyclic amines) is 1. The Labute approximate surface area is 270 Å². The van der Waals surface area contributed by atoms with E-state index in [1.54, 1.807) is 41.3 Å². The van der Waals surface area contributed by atoms with Gasteiger partial charge in [-0.3, -0.25) is 19.3 Å². The Balaban J connectivity index is 1.48. The van der Waals surface area contributed by atoms with Gasteiger partial charge in [0, 0.05) is 42.1 Å². The maximum absolute atomic E-state index is 12.9. The summed E-state index contributed by atoms with van der Waals surface area (Å²) in [6, 6.07) is 13.9. The lowest BCUT2D eigenvalue weighted by Gasteiger charge is -2.38. The van der Waals surface area contributed by atoms with Crippen molar-refractivity contribution in [3.05, 3.63) is 65.2 Å². The van der Waals surface area contributed by atoms with Gasteiger partial charge in [0.1, 0.15) is 12.0 Å². The van der Waals surface area contributed by atoms with Crippen molar-refractivity contribution in [2.75, 3.05) is 19.7 Å². The maximum Gasteiger partial charge on any atom is 0.408 e. The lowest BCUT2D eigenvalue weighted by molar-refractivity contribution is -0.136. The van der Waals surface area contributed by atoms with Crippen LogP contribution in [0.5, 0.6) is 5.75 Å². The highest BCUT2D eigenvalue weighted by molar-refractivity contribution is 6.26. The fraction of sp³-hybridized carbons (Fsp3) is 0.500. The van der Waals surface area contributed by atoms with Crippen LogP contribution in [0.4, 0.5) is 4.79 Å². The van der Waals surface area contributed by atoms with E-state index < -0.39 is 42.9 Å². The molecule has 3 amide bonds. The number of carbonyl (C=O) groups excluding carboxylic acids is 3. The Morgan fingerprint density at radius 1 is 0.978 bits per heavy atom. The number of nitrogens with zero attached hydrogens (tertiary/aromatic N) is 2. The number of hydrogen-bond acceptors (Lipinski definition) is 7. The third-order valence-corrected chi connectivity index (χ3v) is 9.24. The van der Waals surface area contributed by atoms with Crippen molar-refractivity contribution in [1.82, 2.24) is 15.1 Å². The summed E-state index contributed by atoms with van der Waals surface area (Å²) in [4.78, 5) is 53.0. The van der Waals surface area contributed by atoms with Crippen molar-refractivity contribution < 1.29 is 37.9 Å². The third kappa shape index (κ3) is 9.73. The van der Waals surface area contributed by atoms with E-state index in [1.165, 1.54) is 4.90 Å². The number of carbonyl (C=O) groups is 4. The Morgan fingerprint density at radius 3 is 2.09 bits per heavy atom. The molecule has 1 aliphatic heterocycles. The average molecular weight is 658 g/mol. The molecule has 1 saturated heterocycles. The molecular weight excluding hydrogens is 611 g/mol. The van der Waals surface area contributed by atoms with Crippen LogP contribution in [0.25, 0.3) is 0 Å². The molecule has 1 atom stereocenters. The normalized spacial score (nSPS) is 16.5. The molecule has 0 bridgehead atoms. The number of nitrogens with one attached hydrogen (secondary N) is 1. The summed E-state index contributed by atoms with van der Waals surface area (Å²) in [7, 11) is -1.46. The zero-order chi connectivity index (χ0) is 33.4. The van der Waals surface area contributed by atoms with E-state index in [2.05, 4.69) is 5.32 Å². The molecule has 13 heteroatoms. The topological polar surface area (TPSA) is 135 Å². The standard InChI is InChI=1S/C32H47N3O8Si2/c1-31(2,3)35(30(39)40)17-22-8-12-23(13-9-22)28(38)33-16-21-10-14-24(15-11-21)41-20-27(37)34-18-25(26(36)19-34)32(4,5)29(42-44-6)43-45-7/h8-15,25,29H,16-20,44-45H2,1-7H3,(H,33,38)(H,39,40). The van der Waals surface area contributed by atoms with Gasteiger partial charge in [0.25, 0.3) is 11.8 Å². The van der Waals surface area contributed by atoms with Crippen molar-refractivity contribution in [2.24, 2.45) is 11.3 Å². The van der Waals surface area contributed by atoms with E-state index >= 15 is 0 Å². The average Bonchev–Trinajstić information content (AvgIpc) is 3.40. The highest BCUT2D eigenvalue weighted by Gasteiger charge is 2.47. The molecule has 11 nitrogen and oxygen atoms in total. The molecule has 0 aliphatic carbocycles. The van der Waals surface area contributed by atoms with Crippen LogP contribution >= 0.6 is 0 Å². The second kappa shape index (κ2) is 15.7. The SMILES string of the molecule is C[SiH2]OC(O[SiH2]C)C(C)(C)C1CN(C(=O)COc2ccc(CNC(=O)c3ccc(CN(C(=O)O)C(C)(C)C)cc3)cc2)CC1=O. The van der Waals surface area contributed by atoms with Crippen molar-refractivity contribution in [3.8, 4) is 5.75 Å². The summed E-state index contributed by atoms with van der Waals surface area (Å²) < 4.78 is 17.6. The number of ether oxygens (including phenoxy) is 1. The van der Waals surface area contributed by atoms with Crippen LogP contribution in [0, 0.1) is 11.3 Å². The molecule has 0 aromatic heterocycles. The smallest absolute Gasteiger partial charge is 0.408 e. The fourth-order valence-corrected chi connectivity index (χ4v) is 7.08. The van der Waals surface area contributed by atoms with E-state index in [1.807, 2.05) is 59.8 Å². The van der Waals surface area contributed by atoms with E-state index in [9.17, 15) is 24.3 Å². The van der Waals surface area contributed by atoms with Gasteiger partial charge in [0.15, 0.2) is 31.9 Å².